The van der Waals surface area contributed by atoms with Gasteiger partial charge in [-0.2, -0.15) is 0 Å². The van der Waals surface area contributed by atoms with Gasteiger partial charge in [0.05, 0.1) is 11.6 Å². The Labute approximate surface area is 335 Å². The highest BCUT2D eigenvalue weighted by Crippen LogP contribution is 2.59. The van der Waals surface area contributed by atoms with Crippen molar-refractivity contribution in [2.24, 2.45) is 17.6 Å². The molecule has 3 N–H and O–H groups in total. The van der Waals surface area contributed by atoms with Gasteiger partial charge in [-0.3, -0.25) is 9.59 Å². The van der Waals surface area contributed by atoms with E-state index in [1.165, 1.54) is 0 Å². The maximum Gasteiger partial charge on any atom is 0.265 e. The van der Waals surface area contributed by atoms with Crippen LogP contribution in [0.4, 0.5) is 5.69 Å². The highest BCUT2D eigenvalue weighted by atomic mass is 28.4. The minimum atomic E-state index is -2.88. The molecule has 3 aromatic carbocycles. The van der Waals surface area contributed by atoms with Crippen LogP contribution in [0.3, 0.4) is 0 Å². The first kappa shape index (κ1) is 39.1. The molecule has 0 saturated carbocycles. The number of ketones is 2. The predicted octanol–water partition coefficient (Wildman–Crippen LogP) is 8.12. The van der Waals surface area contributed by atoms with Crippen molar-refractivity contribution in [3.63, 3.8) is 0 Å². The molecule has 1 aromatic heterocycles. The van der Waals surface area contributed by atoms with E-state index >= 15 is 9.59 Å². The molecule has 2 heterocycles. The molecule has 0 radical (unpaired) electrons. The first-order valence-corrected chi connectivity index (χ1v) is 22.8. The Morgan fingerprint density at radius 3 is 2.25 bits per heavy atom. The quantitative estimate of drug-likeness (QED) is 0.159. The summed E-state index contributed by atoms with van der Waals surface area (Å²) < 4.78 is 25.8. The number of hydrogen-bond donors (Lipinski definition) is 2. The lowest BCUT2D eigenvalue weighted by Crippen LogP contribution is -2.64. The average Bonchev–Trinajstić information content (AvgIpc) is 3.60. The van der Waals surface area contributed by atoms with Crippen LogP contribution in [0.15, 0.2) is 82.6 Å². The molecule has 5 atom stereocenters. The summed E-state index contributed by atoms with van der Waals surface area (Å²) >= 11 is 0. The first-order valence-electron chi connectivity index (χ1n) is 19.9. The molecule has 0 spiro atoms. The number of rotatable bonds is 9. The van der Waals surface area contributed by atoms with Crippen LogP contribution in [-0.2, 0) is 24.1 Å². The summed E-state index contributed by atoms with van der Waals surface area (Å²) in [6.45, 7) is 11.5. The molecule has 11 nitrogen and oxygen atoms in total. The Morgan fingerprint density at radius 2 is 1.63 bits per heavy atom. The van der Waals surface area contributed by atoms with Gasteiger partial charge in [0.2, 0.25) is 5.78 Å². The maximum absolute atomic E-state index is 15.4. The normalized spacial score (nSPS) is 24.4. The van der Waals surface area contributed by atoms with Crippen molar-refractivity contribution in [3.05, 3.63) is 117 Å². The third-order valence-electron chi connectivity index (χ3n) is 13.2. The number of anilines is 1. The zero-order valence-corrected chi connectivity index (χ0v) is 35.2. The van der Waals surface area contributed by atoms with Gasteiger partial charge >= 0.3 is 0 Å². The number of allylic oxidation sites excluding steroid dienone is 1. The Hall–Kier alpha value is -4.75. The zero-order chi connectivity index (χ0) is 40.6. The Morgan fingerprint density at radius 1 is 1.00 bits per heavy atom. The fraction of sp³-hybridized carbons (Fsp3) is 0.444. The van der Waals surface area contributed by atoms with E-state index in [0.29, 0.717) is 24.2 Å². The second-order valence-electron chi connectivity index (χ2n) is 17.9. The highest BCUT2D eigenvalue weighted by Gasteiger charge is 2.66. The number of carbonyl (C=O) groups excluding carboxylic acids is 2. The van der Waals surface area contributed by atoms with E-state index in [1.54, 1.807) is 0 Å². The van der Waals surface area contributed by atoms with Crippen molar-refractivity contribution in [2.75, 3.05) is 32.6 Å². The minimum absolute atomic E-state index is 0.0205. The van der Waals surface area contributed by atoms with Gasteiger partial charge in [-0.05, 0) is 90.9 Å². The molecule has 0 amide bonds. The second kappa shape index (κ2) is 14.3. The van der Waals surface area contributed by atoms with E-state index in [2.05, 4.69) is 56.9 Å². The number of Topliss-reactive ketones (excluding diaryl/α,β-unsaturated/α-hetero) is 2. The van der Waals surface area contributed by atoms with E-state index < -0.39 is 37.6 Å². The molecule has 1 aliphatic heterocycles. The van der Waals surface area contributed by atoms with E-state index in [0.717, 1.165) is 40.9 Å². The topological polar surface area (TPSA) is 141 Å². The van der Waals surface area contributed by atoms with E-state index in [9.17, 15) is 5.11 Å². The van der Waals surface area contributed by atoms with E-state index in [4.69, 9.17) is 24.2 Å². The lowest BCUT2D eigenvalue weighted by atomic mass is 9.58. The standard InChI is InChI=1S/C45H54N4O7Si/c1-44(2,3)57(7,8)56-45-31(37(46)40-36(42(45)52)43(47-55-40)54-25-27-17-13-10-14-18-27)22-28-21-30-35(39(50)34(28)41(45)51)33(53-24-26-15-11-9-12-16-26)23-29-32(48(4)5)19-20-49(6)38(29)30/h9-18,23,28,31-32,37,51H,19-22,24-25,46H2,1-8H3/t28-,31-,32?,37-,45-/m0/s1. The van der Waals surface area contributed by atoms with Crippen molar-refractivity contribution in [1.29, 1.82) is 0 Å². The average molecular weight is 791 g/mol. The second-order valence-corrected chi connectivity index (χ2v) is 22.6. The van der Waals surface area contributed by atoms with Crippen LogP contribution in [-0.4, -0.2) is 68.3 Å². The van der Waals surface area contributed by atoms with Crippen molar-refractivity contribution in [2.45, 2.75) is 89.1 Å². The fourth-order valence-electron chi connectivity index (χ4n) is 9.18. The fourth-order valence-corrected chi connectivity index (χ4v) is 10.6. The number of aliphatic hydroxyl groups excluding tert-OH is 1. The molecule has 0 saturated heterocycles. The summed E-state index contributed by atoms with van der Waals surface area (Å²) in [4.78, 5) is 35.3. The van der Waals surface area contributed by atoms with Gasteiger partial charge in [-0.1, -0.05) is 81.4 Å². The lowest BCUT2D eigenvalue weighted by Gasteiger charge is -2.54. The molecule has 0 fully saturated rings. The maximum atomic E-state index is 15.4. The zero-order valence-electron chi connectivity index (χ0n) is 34.2. The van der Waals surface area contributed by atoms with Crippen LogP contribution in [0.2, 0.25) is 18.1 Å². The smallest absolute Gasteiger partial charge is 0.265 e. The van der Waals surface area contributed by atoms with Gasteiger partial charge in [0.25, 0.3) is 5.88 Å². The van der Waals surface area contributed by atoms with Crippen LogP contribution < -0.4 is 20.1 Å². The molecular weight excluding hydrogens is 737 g/mol. The van der Waals surface area contributed by atoms with Crippen molar-refractivity contribution >= 4 is 25.6 Å². The number of ether oxygens (including phenoxy) is 2. The molecule has 0 bridgehead atoms. The summed E-state index contributed by atoms with van der Waals surface area (Å²) in [6.07, 6.45) is 1.66. The van der Waals surface area contributed by atoms with Gasteiger partial charge in [-0.15, -0.1) is 0 Å². The van der Waals surface area contributed by atoms with Crippen LogP contribution in [0, 0.1) is 11.8 Å². The summed E-state index contributed by atoms with van der Waals surface area (Å²) in [5, 5.41) is 16.8. The summed E-state index contributed by atoms with van der Waals surface area (Å²) in [5.41, 5.74) is 10.7. The molecule has 8 rings (SSSR count). The van der Waals surface area contributed by atoms with Crippen LogP contribution in [0.5, 0.6) is 11.6 Å². The number of hydrogen-bond acceptors (Lipinski definition) is 11. The van der Waals surface area contributed by atoms with Gasteiger partial charge < -0.3 is 39.1 Å². The van der Waals surface area contributed by atoms with Gasteiger partial charge in [0, 0.05) is 36.8 Å². The van der Waals surface area contributed by atoms with Gasteiger partial charge in [0.1, 0.15) is 30.3 Å². The van der Waals surface area contributed by atoms with Crippen molar-refractivity contribution < 1.29 is 33.1 Å². The Kier molecular flexibility index (Phi) is 9.78. The number of aromatic nitrogens is 1. The van der Waals surface area contributed by atoms with Crippen molar-refractivity contribution in [1.82, 2.24) is 10.1 Å². The Bertz CT molecular complexity index is 2250. The minimum Gasteiger partial charge on any atom is -0.508 e. The summed E-state index contributed by atoms with van der Waals surface area (Å²) in [6, 6.07) is 20.6. The lowest BCUT2D eigenvalue weighted by molar-refractivity contribution is -0.0273. The number of nitrogens with two attached hydrogens (primary N) is 1. The molecule has 1 unspecified atom stereocenters. The number of aliphatic hydroxyl groups is 1. The van der Waals surface area contributed by atoms with Crippen LogP contribution >= 0.6 is 0 Å². The molecule has 12 heteroatoms. The number of fused-ring (bicyclic) bond motifs is 6. The monoisotopic (exact) mass is 790 g/mol. The summed E-state index contributed by atoms with van der Waals surface area (Å²) in [5.74, 6) is -1.87. The first-order chi connectivity index (χ1) is 27.0. The predicted molar refractivity (Wildman–Crippen MR) is 220 cm³/mol. The number of carbonyl (C=O) groups is 2. The van der Waals surface area contributed by atoms with E-state index in [-0.39, 0.29) is 58.6 Å². The van der Waals surface area contributed by atoms with Gasteiger partial charge in [-0.25, -0.2) is 0 Å². The summed E-state index contributed by atoms with van der Waals surface area (Å²) in [7, 11) is 3.34. The third kappa shape index (κ3) is 6.32. The largest absolute Gasteiger partial charge is 0.508 e. The van der Waals surface area contributed by atoms with Gasteiger partial charge in [0.15, 0.2) is 25.5 Å². The number of nitrogens with zero attached hydrogens (tertiary/aromatic N) is 3. The molecule has 4 aromatic rings. The van der Waals surface area contributed by atoms with Crippen molar-refractivity contribution in [3.8, 4) is 11.6 Å². The third-order valence-corrected chi connectivity index (χ3v) is 17.6. The van der Waals surface area contributed by atoms with Crippen LogP contribution in [0.25, 0.3) is 0 Å². The molecule has 300 valence electrons. The molecule has 3 aliphatic carbocycles. The number of benzene rings is 3. The van der Waals surface area contributed by atoms with E-state index in [1.807, 2.05) is 79.8 Å². The van der Waals surface area contributed by atoms with Crippen LogP contribution in [0.1, 0.15) is 94.4 Å². The molecule has 57 heavy (non-hydrogen) atoms. The SMILES string of the molecule is CN1CCC(N(C)C)c2cc(OCc3ccccc3)c3c(c21)C[C@H]1C[C@H]2[C@H](N)c4onc(OCc5ccccc5)c4C(=O)[C@@]2(O[Si](C)(C)C(C)(C)C)C(O)=C1C3=O. The molecule has 4 aliphatic rings. The molecular formula is C45H54N4O7Si. The Balaban J connectivity index is 1.31. The highest BCUT2D eigenvalue weighted by molar-refractivity contribution is 6.74.